The molecule has 0 amide bonds. The molecule has 1 saturated heterocycles. The van der Waals surface area contributed by atoms with Gasteiger partial charge in [-0.15, -0.1) is 0 Å². The van der Waals surface area contributed by atoms with Gasteiger partial charge in [-0.25, -0.2) is 8.78 Å². The van der Waals surface area contributed by atoms with Crippen molar-refractivity contribution in [1.82, 2.24) is 10.2 Å². The summed E-state index contributed by atoms with van der Waals surface area (Å²) in [5.74, 6) is -0.910. The molecule has 2 rings (SSSR count). The Morgan fingerprint density at radius 1 is 1.29 bits per heavy atom. The average Bonchev–Trinajstić information content (AvgIpc) is 2.28. The largest absolute Gasteiger partial charge is 0.311 e. The molecule has 1 aromatic rings. The number of rotatable bonds is 2. The van der Waals surface area contributed by atoms with Gasteiger partial charge in [0.05, 0.1) is 0 Å². The molecule has 1 heterocycles. The summed E-state index contributed by atoms with van der Waals surface area (Å²) in [4.78, 5) is 2.11. The molecule has 17 heavy (non-hydrogen) atoms. The van der Waals surface area contributed by atoms with Gasteiger partial charge in [-0.1, -0.05) is 6.07 Å². The predicted molar refractivity (Wildman–Crippen MR) is 63.7 cm³/mol. The fraction of sp³-hybridized carbons (Fsp3) is 0.538. The molecule has 1 N–H and O–H groups in total. The Morgan fingerprint density at radius 3 is 2.59 bits per heavy atom. The van der Waals surface area contributed by atoms with E-state index in [1.807, 2.05) is 0 Å². The zero-order chi connectivity index (χ0) is 12.4. The van der Waals surface area contributed by atoms with E-state index in [2.05, 4.69) is 24.1 Å². The van der Waals surface area contributed by atoms with Gasteiger partial charge in [0.1, 0.15) is 11.6 Å². The van der Waals surface area contributed by atoms with E-state index in [1.54, 1.807) is 0 Å². The minimum atomic E-state index is -0.455. The Bertz CT molecular complexity index is 375. The third-order valence-electron chi connectivity index (χ3n) is 3.32. The van der Waals surface area contributed by atoms with E-state index in [0.717, 1.165) is 13.1 Å². The van der Waals surface area contributed by atoms with Gasteiger partial charge >= 0.3 is 0 Å². The maximum Gasteiger partial charge on any atom is 0.130 e. The maximum absolute atomic E-state index is 13.5. The normalized spacial score (nSPS) is 26.1. The highest BCUT2D eigenvalue weighted by Crippen LogP contribution is 2.17. The third-order valence-corrected chi connectivity index (χ3v) is 3.32. The van der Waals surface area contributed by atoms with Crippen LogP contribution >= 0.6 is 0 Å². The van der Waals surface area contributed by atoms with E-state index in [1.165, 1.54) is 18.2 Å². The summed E-state index contributed by atoms with van der Waals surface area (Å²) >= 11 is 0. The second kappa shape index (κ2) is 5.10. The summed E-state index contributed by atoms with van der Waals surface area (Å²) < 4.78 is 27.1. The van der Waals surface area contributed by atoms with Gasteiger partial charge in [-0.2, -0.15) is 0 Å². The first kappa shape index (κ1) is 12.5. The van der Waals surface area contributed by atoms with Crippen molar-refractivity contribution in [3.8, 4) is 0 Å². The van der Waals surface area contributed by atoms with E-state index in [-0.39, 0.29) is 5.56 Å². The van der Waals surface area contributed by atoms with Crippen molar-refractivity contribution >= 4 is 0 Å². The van der Waals surface area contributed by atoms with E-state index in [0.29, 0.717) is 18.6 Å². The standard InChI is InChI=1S/C13H18F2N2/c1-9-7-17(10(2)6-16-9)8-11-12(14)4-3-5-13(11)15/h3-5,9-10,16H,6-8H2,1-2H3. The van der Waals surface area contributed by atoms with Crippen LogP contribution in [0.15, 0.2) is 18.2 Å². The molecule has 2 atom stereocenters. The molecule has 2 nitrogen and oxygen atoms in total. The van der Waals surface area contributed by atoms with Crippen molar-refractivity contribution in [3.05, 3.63) is 35.4 Å². The van der Waals surface area contributed by atoms with Crippen LogP contribution in [0.2, 0.25) is 0 Å². The van der Waals surface area contributed by atoms with Crippen molar-refractivity contribution < 1.29 is 8.78 Å². The lowest BCUT2D eigenvalue weighted by Crippen LogP contribution is -2.53. The predicted octanol–water partition coefficient (Wildman–Crippen LogP) is 2.15. The molecular weight excluding hydrogens is 222 g/mol. The Morgan fingerprint density at radius 2 is 1.94 bits per heavy atom. The molecule has 1 aliphatic heterocycles. The van der Waals surface area contributed by atoms with Gasteiger partial charge < -0.3 is 5.32 Å². The number of piperazine rings is 1. The summed E-state index contributed by atoms with van der Waals surface area (Å²) in [6.07, 6.45) is 0. The second-order valence-corrected chi connectivity index (χ2v) is 4.79. The number of halogens is 2. The molecule has 4 heteroatoms. The highest BCUT2D eigenvalue weighted by molar-refractivity contribution is 5.19. The van der Waals surface area contributed by atoms with Crippen LogP contribution in [-0.4, -0.2) is 30.1 Å². The van der Waals surface area contributed by atoms with Crippen LogP contribution in [0.3, 0.4) is 0 Å². The van der Waals surface area contributed by atoms with Gasteiger partial charge in [0.2, 0.25) is 0 Å². The van der Waals surface area contributed by atoms with Crippen molar-refractivity contribution in [2.75, 3.05) is 13.1 Å². The minimum absolute atomic E-state index is 0.174. The Kier molecular flexibility index (Phi) is 3.74. The SMILES string of the molecule is CC1CN(Cc2c(F)cccc2F)C(C)CN1. The zero-order valence-corrected chi connectivity index (χ0v) is 10.2. The smallest absolute Gasteiger partial charge is 0.130 e. The van der Waals surface area contributed by atoms with Crippen molar-refractivity contribution in [2.45, 2.75) is 32.5 Å². The van der Waals surface area contributed by atoms with Crippen molar-refractivity contribution in [1.29, 1.82) is 0 Å². The zero-order valence-electron chi connectivity index (χ0n) is 10.2. The van der Waals surface area contributed by atoms with Crippen LogP contribution in [0.25, 0.3) is 0 Å². The van der Waals surface area contributed by atoms with E-state index in [4.69, 9.17) is 0 Å². The van der Waals surface area contributed by atoms with Crippen LogP contribution in [0, 0.1) is 11.6 Å². The van der Waals surface area contributed by atoms with Crippen LogP contribution in [-0.2, 0) is 6.54 Å². The minimum Gasteiger partial charge on any atom is -0.311 e. The summed E-state index contributed by atoms with van der Waals surface area (Å²) in [6.45, 7) is 6.16. The number of hydrogen-bond donors (Lipinski definition) is 1. The fourth-order valence-corrected chi connectivity index (χ4v) is 2.20. The van der Waals surface area contributed by atoms with Crippen LogP contribution in [0.5, 0.6) is 0 Å². The highest BCUT2D eigenvalue weighted by atomic mass is 19.1. The monoisotopic (exact) mass is 240 g/mol. The van der Waals surface area contributed by atoms with E-state index < -0.39 is 11.6 Å². The van der Waals surface area contributed by atoms with Gasteiger partial charge in [-0.3, -0.25) is 4.90 Å². The number of nitrogens with one attached hydrogen (secondary N) is 1. The molecular formula is C13H18F2N2. The molecule has 1 aliphatic rings. The lowest BCUT2D eigenvalue weighted by atomic mass is 10.1. The highest BCUT2D eigenvalue weighted by Gasteiger charge is 2.24. The Hall–Kier alpha value is -1.00. The van der Waals surface area contributed by atoms with Gasteiger partial charge in [-0.05, 0) is 26.0 Å². The molecule has 2 unspecified atom stereocenters. The summed E-state index contributed by atoms with van der Waals surface area (Å²) in [6, 6.07) is 4.69. The Labute approximate surface area is 101 Å². The molecule has 0 aliphatic carbocycles. The average molecular weight is 240 g/mol. The molecule has 0 spiro atoms. The van der Waals surface area contributed by atoms with Crippen molar-refractivity contribution in [3.63, 3.8) is 0 Å². The lowest BCUT2D eigenvalue weighted by molar-refractivity contribution is 0.135. The van der Waals surface area contributed by atoms with E-state index in [9.17, 15) is 8.78 Å². The van der Waals surface area contributed by atoms with E-state index >= 15 is 0 Å². The van der Waals surface area contributed by atoms with Gasteiger partial charge in [0.25, 0.3) is 0 Å². The first-order valence-corrected chi connectivity index (χ1v) is 5.98. The molecule has 0 saturated carbocycles. The second-order valence-electron chi connectivity index (χ2n) is 4.79. The summed E-state index contributed by atoms with van der Waals surface area (Å²) in [5, 5.41) is 3.35. The molecule has 0 aromatic heterocycles. The topological polar surface area (TPSA) is 15.3 Å². The fourth-order valence-electron chi connectivity index (χ4n) is 2.20. The molecule has 0 radical (unpaired) electrons. The van der Waals surface area contributed by atoms with Crippen LogP contribution in [0.4, 0.5) is 8.78 Å². The summed E-state index contributed by atoms with van der Waals surface area (Å²) in [7, 11) is 0. The van der Waals surface area contributed by atoms with Gasteiger partial charge in [0.15, 0.2) is 0 Å². The number of benzene rings is 1. The Balaban J connectivity index is 2.14. The van der Waals surface area contributed by atoms with Gasteiger partial charge in [0, 0.05) is 37.3 Å². The maximum atomic E-state index is 13.5. The summed E-state index contributed by atoms with van der Waals surface area (Å²) in [5.41, 5.74) is 0.174. The van der Waals surface area contributed by atoms with Crippen LogP contribution < -0.4 is 5.32 Å². The van der Waals surface area contributed by atoms with Crippen LogP contribution in [0.1, 0.15) is 19.4 Å². The third kappa shape index (κ3) is 2.82. The number of hydrogen-bond acceptors (Lipinski definition) is 2. The molecule has 1 fully saturated rings. The quantitative estimate of drug-likeness (QED) is 0.852. The first-order chi connectivity index (χ1) is 8.08. The molecule has 0 bridgehead atoms. The lowest BCUT2D eigenvalue weighted by Gasteiger charge is -2.37. The van der Waals surface area contributed by atoms with Crippen molar-refractivity contribution in [2.24, 2.45) is 0 Å². The molecule has 1 aromatic carbocycles. The molecule has 94 valence electrons. The number of nitrogens with zero attached hydrogens (tertiary/aromatic N) is 1. The first-order valence-electron chi connectivity index (χ1n) is 5.98.